The third-order valence-corrected chi connectivity index (χ3v) is 2.42. The Labute approximate surface area is 112 Å². The van der Waals surface area contributed by atoms with Gasteiger partial charge in [0, 0.05) is 0 Å². The van der Waals surface area contributed by atoms with Crippen LogP contribution in [0, 0.1) is 0 Å². The molecule has 0 atom stereocenters. The maximum Gasteiger partial charge on any atom is 0.345 e. The number of imidazole rings is 1. The number of nitrogens with one attached hydrogen (secondary N) is 1. The highest BCUT2D eigenvalue weighted by Crippen LogP contribution is 2.16. The minimum absolute atomic E-state index is 0.154. The minimum atomic E-state index is -1.27. The first kappa shape index (κ1) is 13.3. The summed E-state index contributed by atoms with van der Waals surface area (Å²) in [6, 6.07) is 5.52. The maximum atomic E-state index is 11.9. The Morgan fingerprint density at radius 1 is 1.20 bits per heavy atom. The first-order valence-electron chi connectivity index (χ1n) is 5.38. The summed E-state index contributed by atoms with van der Waals surface area (Å²) in [5, 5.41) is 8.98. The zero-order valence-corrected chi connectivity index (χ0v) is 9.99. The molecule has 8 heteroatoms. The van der Waals surface area contributed by atoms with Gasteiger partial charge in [-0.3, -0.25) is 4.79 Å². The van der Waals surface area contributed by atoms with Gasteiger partial charge in [-0.2, -0.15) is 0 Å². The molecular formula is C12H9N3O5. The number of aromatic carboxylic acids is 1. The highest BCUT2D eigenvalue weighted by atomic mass is 16.5. The average Bonchev–Trinajstić information content (AvgIpc) is 2.87. The molecule has 2 aromatic rings. The molecule has 4 N–H and O–H groups in total. The normalized spacial score (nSPS) is 10.0. The van der Waals surface area contributed by atoms with E-state index in [9.17, 15) is 14.4 Å². The molecule has 1 aromatic carbocycles. The van der Waals surface area contributed by atoms with E-state index < -0.39 is 17.8 Å². The molecule has 0 aliphatic heterocycles. The molecule has 1 amide bonds. The van der Waals surface area contributed by atoms with E-state index >= 15 is 0 Å². The fourth-order valence-corrected chi connectivity index (χ4v) is 1.53. The van der Waals surface area contributed by atoms with E-state index in [1.54, 1.807) is 0 Å². The smallest absolute Gasteiger partial charge is 0.345 e. The summed E-state index contributed by atoms with van der Waals surface area (Å²) in [5.41, 5.74) is 4.51. The molecule has 0 aliphatic rings. The molecule has 0 saturated heterocycles. The standard InChI is InChI=1S/C12H9N3O5/c13-9(16)8-10(15-5-14-8)20-12(19)7-4-2-1-3-6(7)11(17)18/h1-5H,(H2,13,16)(H,14,15)(H,17,18). The lowest BCUT2D eigenvalue weighted by Crippen LogP contribution is -2.18. The van der Waals surface area contributed by atoms with Crippen molar-refractivity contribution in [3.63, 3.8) is 0 Å². The van der Waals surface area contributed by atoms with Gasteiger partial charge in [0.25, 0.3) is 11.8 Å². The number of aromatic amines is 1. The molecule has 0 bridgehead atoms. The van der Waals surface area contributed by atoms with Crippen molar-refractivity contribution in [1.82, 2.24) is 9.97 Å². The van der Waals surface area contributed by atoms with Gasteiger partial charge in [-0.05, 0) is 12.1 Å². The second kappa shape index (κ2) is 5.22. The number of primary amides is 1. The van der Waals surface area contributed by atoms with Crippen LogP contribution in [-0.4, -0.2) is 32.9 Å². The number of nitrogens with zero attached hydrogens (tertiary/aromatic N) is 1. The number of ether oxygens (including phenoxy) is 1. The van der Waals surface area contributed by atoms with Gasteiger partial charge in [0.2, 0.25) is 0 Å². The van der Waals surface area contributed by atoms with Gasteiger partial charge in [0.15, 0.2) is 5.69 Å². The Kier molecular flexibility index (Phi) is 3.47. The molecule has 102 valence electrons. The fourth-order valence-electron chi connectivity index (χ4n) is 1.53. The number of hydrogen-bond acceptors (Lipinski definition) is 5. The maximum absolute atomic E-state index is 11.9. The van der Waals surface area contributed by atoms with Crippen molar-refractivity contribution < 1.29 is 24.2 Å². The van der Waals surface area contributed by atoms with Gasteiger partial charge in [0.05, 0.1) is 17.5 Å². The van der Waals surface area contributed by atoms with Crippen LogP contribution in [0.2, 0.25) is 0 Å². The molecule has 1 aromatic heterocycles. The van der Waals surface area contributed by atoms with E-state index in [1.165, 1.54) is 24.3 Å². The molecule has 20 heavy (non-hydrogen) atoms. The fraction of sp³-hybridized carbons (Fsp3) is 0. The molecule has 2 rings (SSSR count). The second-order valence-electron chi connectivity index (χ2n) is 3.69. The van der Waals surface area contributed by atoms with Crippen LogP contribution in [0.5, 0.6) is 5.88 Å². The molecule has 0 radical (unpaired) electrons. The Bertz CT molecular complexity index is 692. The number of H-pyrrole nitrogens is 1. The molecule has 0 aliphatic carbocycles. The number of carboxylic acids is 1. The molecule has 0 unspecified atom stereocenters. The summed E-state index contributed by atoms with van der Waals surface area (Å²) < 4.78 is 4.88. The highest BCUT2D eigenvalue weighted by Gasteiger charge is 2.21. The number of nitrogens with two attached hydrogens (primary N) is 1. The van der Waals surface area contributed by atoms with Gasteiger partial charge >= 0.3 is 11.9 Å². The van der Waals surface area contributed by atoms with Crippen LogP contribution in [0.1, 0.15) is 31.2 Å². The van der Waals surface area contributed by atoms with Crippen molar-refractivity contribution >= 4 is 17.8 Å². The van der Waals surface area contributed by atoms with Gasteiger partial charge in [0.1, 0.15) is 0 Å². The summed E-state index contributed by atoms with van der Waals surface area (Å²) in [5.74, 6) is -3.37. The highest BCUT2D eigenvalue weighted by molar-refractivity contribution is 6.03. The van der Waals surface area contributed by atoms with Crippen LogP contribution in [0.4, 0.5) is 0 Å². The van der Waals surface area contributed by atoms with Gasteiger partial charge in [-0.1, -0.05) is 12.1 Å². The lowest BCUT2D eigenvalue weighted by Gasteiger charge is -2.05. The van der Waals surface area contributed by atoms with Crippen LogP contribution < -0.4 is 10.5 Å². The molecule has 0 saturated carbocycles. The Hall–Kier alpha value is -3.16. The summed E-state index contributed by atoms with van der Waals surface area (Å²) in [6.07, 6.45) is 1.13. The van der Waals surface area contributed by atoms with E-state index in [4.69, 9.17) is 15.6 Å². The van der Waals surface area contributed by atoms with Crippen LogP contribution in [0.25, 0.3) is 0 Å². The Morgan fingerprint density at radius 2 is 1.85 bits per heavy atom. The van der Waals surface area contributed by atoms with Gasteiger partial charge in [-0.25, -0.2) is 14.6 Å². The average molecular weight is 275 g/mol. The van der Waals surface area contributed by atoms with Crippen LogP contribution in [0.3, 0.4) is 0 Å². The summed E-state index contributed by atoms with van der Waals surface area (Å²) >= 11 is 0. The van der Waals surface area contributed by atoms with Crippen LogP contribution >= 0.6 is 0 Å². The topological polar surface area (TPSA) is 135 Å². The lowest BCUT2D eigenvalue weighted by molar-refractivity contribution is 0.0664. The van der Waals surface area contributed by atoms with Gasteiger partial charge < -0.3 is 20.6 Å². The molecule has 8 nitrogen and oxygen atoms in total. The number of esters is 1. The summed E-state index contributed by atoms with van der Waals surface area (Å²) in [7, 11) is 0. The number of rotatable bonds is 4. The molecule has 1 heterocycles. The van der Waals surface area contributed by atoms with E-state index in [0.29, 0.717) is 0 Å². The van der Waals surface area contributed by atoms with Crippen molar-refractivity contribution in [2.75, 3.05) is 0 Å². The predicted octanol–water partition coefficient (Wildman–Crippen LogP) is 0.426. The Balaban J connectivity index is 2.31. The number of hydrogen-bond donors (Lipinski definition) is 3. The molecular weight excluding hydrogens is 266 g/mol. The zero-order chi connectivity index (χ0) is 14.7. The summed E-state index contributed by atoms with van der Waals surface area (Å²) in [6.45, 7) is 0. The van der Waals surface area contributed by atoms with E-state index in [-0.39, 0.29) is 22.7 Å². The zero-order valence-electron chi connectivity index (χ0n) is 9.99. The lowest BCUT2D eigenvalue weighted by atomic mass is 10.1. The van der Waals surface area contributed by atoms with Crippen molar-refractivity contribution in [1.29, 1.82) is 0 Å². The largest absolute Gasteiger partial charge is 0.478 e. The SMILES string of the molecule is NC(=O)c1[nH]cnc1OC(=O)c1ccccc1C(=O)O. The first-order chi connectivity index (χ1) is 9.50. The van der Waals surface area contributed by atoms with E-state index in [2.05, 4.69) is 9.97 Å². The second-order valence-corrected chi connectivity index (χ2v) is 3.69. The number of benzene rings is 1. The first-order valence-corrected chi connectivity index (χ1v) is 5.38. The minimum Gasteiger partial charge on any atom is -0.478 e. The third-order valence-electron chi connectivity index (χ3n) is 2.42. The number of carbonyl (C=O) groups is 3. The predicted molar refractivity (Wildman–Crippen MR) is 65.5 cm³/mol. The van der Waals surface area contributed by atoms with Gasteiger partial charge in [-0.15, -0.1) is 0 Å². The number of aromatic nitrogens is 2. The van der Waals surface area contributed by atoms with Crippen molar-refractivity contribution in [3.05, 3.63) is 47.4 Å². The van der Waals surface area contributed by atoms with Crippen molar-refractivity contribution in [2.45, 2.75) is 0 Å². The molecule has 0 fully saturated rings. The monoisotopic (exact) mass is 275 g/mol. The number of carbonyl (C=O) groups excluding carboxylic acids is 2. The van der Waals surface area contributed by atoms with E-state index in [0.717, 1.165) is 6.33 Å². The van der Waals surface area contributed by atoms with E-state index in [1.807, 2.05) is 0 Å². The Morgan fingerprint density at radius 3 is 2.45 bits per heavy atom. The third kappa shape index (κ3) is 2.48. The summed E-state index contributed by atoms with van der Waals surface area (Å²) in [4.78, 5) is 40.0. The molecule has 0 spiro atoms. The number of carboxylic acid groups (broad SMARTS) is 1. The van der Waals surface area contributed by atoms with Crippen LogP contribution in [-0.2, 0) is 0 Å². The van der Waals surface area contributed by atoms with Crippen molar-refractivity contribution in [2.24, 2.45) is 5.73 Å². The van der Waals surface area contributed by atoms with Crippen molar-refractivity contribution in [3.8, 4) is 5.88 Å². The number of amides is 1. The van der Waals surface area contributed by atoms with Crippen LogP contribution in [0.15, 0.2) is 30.6 Å². The quantitative estimate of drug-likeness (QED) is 0.692.